The van der Waals surface area contributed by atoms with Crippen molar-refractivity contribution >= 4 is 5.97 Å². The summed E-state index contributed by atoms with van der Waals surface area (Å²) in [5.41, 5.74) is 1.77. The molecular formula is C15H13N3O3. The van der Waals surface area contributed by atoms with E-state index in [1.165, 1.54) is 6.26 Å². The summed E-state index contributed by atoms with van der Waals surface area (Å²) in [6.45, 7) is 2.04. The molecular weight excluding hydrogens is 270 g/mol. The van der Waals surface area contributed by atoms with Crippen LogP contribution < -0.4 is 0 Å². The van der Waals surface area contributed by atoms with Crippen LogP contribution in [-0.2, 0) is 4.74 Å². The van der Waals surface area contributed by atoms with Gasteiger partial charge in [0.15, 0.2) is 5.69 Å². The molecule has 0 saturated carbocycles. The second-order valence-electron chi connectivity index (χ2n) is 4.27. The van der Waals surface area contributed by atoms with E-state index in [-0.39, 0.29) is 5.69 Å². The van der Waals surface area contributed by atoms with Gasteiger partial charge in [0.2, 0.25) is 5.89 Å². The lowest BCUT2D eigenvalue weighted by atomic mass is 10.3. The largest absolute Gasteiger partial charge is 0.461 e. The molecule has 0 bridgehead atoms. The summed E-state index contributed by atoms with van der Waals surface area (Å²) in [5, 5.41) is 4.25. The number of rotatable bonds is 4. The summed E-state index contributed by atoms with van der Waals surface area (Å²) in [7, 11) is 0. The minimum absolute atomic E-state index is 0.152. The lowest BCUT2D eigenvalue weighted by Gasteiger charge is -1.98. The maximum Gasteiger partial charge on any atom is 0.360 e. The number of hydrogen-bond acceptors (Lipinski definition) is 5. The van der Waals surface area contributed by atoms with E-state index in [1.807, 2.05) is 30.3 Å². The van der Waals surface area contributed by atoms with Gasteiger partial charge in [0.05, 0.1) is 24.1 Å². The zero-order chi connectivity index (χ0) is 14.7. The van der Waals surface area contributed by atoms with Crippen LogP contribution in [-0.4, -0.2) is 27.3 Å². The highest BCUT2D eigenvalue weighted by molar-refractivity contribution is 5.87. The van der Waals surface area contributed by atoms with E-state index in [9.17, 15) is 4.79 Å². The van der Waals surface area contributed by atoms with Gasteiger partial charge in [-0.2, -0.15) is 5.10 Å². The lowest BCUT2D eigenvalue weighted by Crippen LogP contribution is -2.04. The molecule has 3 rings (SSSR count). The van der Waals surface area contributed by atoms with Gasteiger partial charge in [0, 0.05) is 6.20 Å². The molecule has 2 heterocycles. The molecule has 0 N–H and O–H groups in total. The van der Waals surface area contributed by atoms with Crippen molar-refractivity contribution in [3.8, 4) is 17.1 Å². The molecule has 1 aromatic carbocycles. The number of aromatic nitrogens is 3. The summed E-state index contributed by atoms with van der Waals surface area (Å²) in [4.78, 5) is 15.7. The number of carbonyl (C=O) groups excluding carboxylic acids is 1. The van der Waals surface area contributed by atoms with Crippen molar-refractivity contribution in [1.82, 2.24) is 14.8 Å². The van der Waals surface area contributed by atoms with Gasteiger partial charge < -0.3 is 9.15 Å². The smallest absolute Gasteiger partial charge is 0.360 e. The van der Waals surface area contributed by atoms with Crippen molar-refractivity contribution in [2.45, 2.75) is 6.92 Å². The van der Waals surface area contributed by atoms with E-state index in [0.29, 0.717) is 18.1 Å². The molecule has 0 saturated heterocycles. The summed E-state index contributed by atoms with van der Waals surface area (Å²) >= 11 is 0. The third-order valence-corrected chi connectivity index (χ3v) is 2.84. The molecule has 0 fully saturated rings. The van der Waals surface area contributed by atoms with Crippen molar-refractivity contribution in [3.05, 3.63) is 54.7 Å². The Bertz CT molecular complexity index is 746. The molecule has 0 atom stereocenters. The van der Waals surface area contributed by atoms with Crippen LogP contribution in [0.25, 0.3) is 17.1 Å². The molecule has 0 unspecified atom stereocenters. The van der Waals surface area contributed by atoms with Gasteiger partial charge in [-0.1, -0.05) is 18.2 Å². The Hall–Kier alpha value is -2.89. The van der Waals surface area contributed by atoms with Crippen LogP contribution in [0.5, 0.6) is 0 Å². The number of esters is 1. The molecule has 6 heteroatoms. The highest BCUT2D eigenvalue weighted by Crippen LogP contribution is 2.19. The van der Waals surface area contributed by atoms with Gasteiger partial charge in [0.1, 0.15) is 6.26 Å². The number of oxazole rings is 1. The van der Waals surface area contributed by atoms with E-state index in [4.69, 9.17) is 9.15 Å². The first-order valence-corrected chi connectivity index (χ1v) is 6.51. The predicted molar refractivity (Wildman–Crippen MR) is 75.0 cm³/mol. The van der Waals surface area contributed by atoms with E-state index >= 15 is 0 Å². The second kappa shape index (κ2) is 5.62. The monoisotopic (exact) mass is 283 g/mol. The predicted octanol–water partition coefficient (Wildman–Crippen LogP) is 2.70. The van der Waals surface area contributed by atoms with Crippen molar-refractivity contribution < 1.29 is 13.9 Å². The third-order valence-electron chi connectivity index (χ3n) is 2.84. The molecule has 0 spiro atoms. The number of nitrogens with zero attached hydrogens (tertiary/aromatic N) is 3. The second-order valence-corrected chi connectivity index (χ2v) is 4.27. The van der Waals surface area contributed by atoms with Gasteiger partial charge >= 0.3 is 5.97 Å². The Labute approximate surface area is 121 Å². The lowest BCUT2D eigenvalue weighted by molar-refractivity contribution is 0.0519. The van der Waals surface area contributed by atoms with E-state index in [2.05, 4.69) is 10.1 Å². The fourth-order valence-electron chi connectivity index (χ4n) is 1.86. The number of hydrogen-bond donors (Lipinski definition) is 0. The first-order chi connectivity index (χ1) is 10.3. The first kappa shape index (κ1) is 13.1. The van der Waals surface area contributed by atoms with E-state index in [0.717, 1.165) is 5.69 Å². The van der Waals surface area contributed by atoms with Crippen LogP contribution in [0.2, 0.25) is 0 Å². The van der Waals surface area contributed by atoms with Crippen molar-refractivity contribution in [2.75, 3.05) is 6.61 Å². The highest BCUT2D eigenvalue weighted by atomic mass is 16.5. The molecule has 0 amide bonds. The van der Waals surface area contributed by atoms with Crippen molar-refractivity contribution in [2.24, 2.45) is 0 Å². The summed E-state index contributed by atoms with van der Waals surface area (Å²) in [6, 6.07) is 9.68. The zero-order valence-electron chi connectivity index (χ0n) is 11.4. The van der Waals surface area contributed by atoms with Crippen LogP contribution in [0.4, 0.5) is 0 Å². The number of carbonyl (C=O) groups is 1. The standard InChI is InChI=1S/C15H13N3O3/c1-2-20-15(19)13-10-21-14(17-13)11-8-16-18(9-11)12-6-4-3-5-7-12/h3-10H,2H2,1H3. The molecule has 3 aromatic rings. The molecule has 0 aliphatic rings. The minimum Gasteiger partial charge on any atom is -0.461 e. The molecule has 0 aliphatic carbocycles. The van der Waals surface area contributed by atoms with Gasteiger partial charge in [-0.05, 0) is 19.1 Å². The number of ether oxygens (including phenoxy) is 1. The fraction of sp³-hybridized carbons (Fsp3) is 0.133. The van der Waals surface area contributed by atoms with E-state index < -0.39 is 5.97 Å². The summed E-state index contributed by atoms with van der Waals surface area (Å²) in [5.74, 6) is -0.164. The number of benzene rings is 1. The zero-order valence-corrected chi connectivity index (χ0v) is 11.4. The first-order valence-electron chi connectivity index (χ1n) is 6.51. The Morgan fingerprint density at radius 2 is 2.14 bits per heavy atom. The Morgan fingerprint density at radius 3 is 2.90 bits per heavy atom. The van der Waals surface area contributed by atoms with Gasteiger partial charge in [-0.25, -0.2) is 14.5 Å². The van der Waals surface area contributed by atoms with Gasteiger partial charge in [-0.3, -0.25) is 0 Å². The quantitative estimate of drug-likeness (QED) is 0.688. The molecule has 21 heavy (non-hydrogen) atoms. The Balaban J connectivity index is 1.85. The maximum absolute atomic E-state index is 11.6. The summed E-state index contributed by atoms with van der Waals surface area (Å²) < 4.78 is 11.9. The number of para-hydroxylation sites is 1. The van der Waals surface area contributed by atoms with Crippen LogP contribution in [0.15, 0.2) is 53.4 Å². The molecule has 6 nitrogen and oxygen atoms in total. The SMILES string of the molecule is CCOC(=O)c1coc(-c2cnn(-c3ccccc3)c2)n1. The van der Waals surface area contributed by atoms with Crippen molar-refractivity contribution in [3.63, 3.8) is 0 Å². The maximum atomic E-state index is 11.6. The normalized spacial score (nSPS) is 10.5. The van der Waals surface area contributed by atoms with Gasteiger partial charge in [0.25, 0.3) is 0 Å². The fourth-order valence-corrected chi connectivity index (χ4v) is 1.86. The highest BCUT2D eigenvalue weighted by Gasteiger charge is 2.15. The van der Waals surface area contributed by atoms with Crippen LogP contribution in [0.1, 0.15) is 17.4 Å². The summed E-state index contributed by atoms with van der Waals surface area (Å²) in [6.07, 6.45) is 4.71. The van der Waals surface area contributed by atoms with Gasteiger partial charge in [-0.15, -0.1) is 0 Å². The molecule has 2 aromatic heterocycles. The Morgan fingerprint density at radius 1 is 1.33 bits per heavy atom. The topological polar surface area (TPSA) is 70.2 Å². The van der Waals surface area contributed by atoms with E-state index in [1.54, 1.807) is 24.0 Å². The van der Waals surface area contributed by atoms with Crippen LogP contribution in [0.3, 0.4) is 0 Å². The Kier molecular flexibility index (Phi) is 3.51. The minimum atomic E-state index is -0.497. The molecule has 0 radical (unpaired) electrons. The third kappa shape index (κ3) is 2.69. The average molecular weight is 283 g/mol. The van der Waals surface area contributed by atoms with Crippen LogP contribution >= 0.6 is 0 Å². The van der Waals surface area contributed by atoms with Crippen LogP contribution in [0, 0.1) is 0 Å². The average Bonchev–Trinajstić information content (AvgIpc) is 3.17. The van der Waals surface area contributed by atoms with Crippen molar-refractivity contribution in [1.29, 1.82) is 0 Å². The molecule has 106 valence electrons. The molecule has 0 aliphatic heterocycles.